The van der Waals surface area contributed by atoms with E-state index in [1.807, 2.05) is 13.8 Å². The Morgan fingerprint density at radius 2 is 1.95 bits per heavy atom. The summed E-state index contributed by atoms with van der Waals surface area (Å²) in [6.45, 7) is 5.97. The van der Waals surface area contributed by atoms with E-state index >= 15 is 0 Å². The molecule has 2 rings (SSSR count). The van der Waals surface area contributed by atoms with E-state index in [0.29, 0.717) is 32.7 Å². The van der Waals surface area contributed by atoms with Gasteiger partial charge in [-0.05, 0) is 26.7 Å². The van der Waals surface area contributed by atoms with Gasteiger partial charge in [-0.3, -0.25) is 0 Å². The Morgan fingerprint density at radius 3 is 2.60 bits per heavy atom. The Kier molecular flexibility index (Phi) is 4.52. The van der Waals surface area contributed by atoms with Crippen molar-refractivity contribution in [1.29, 1.82) is 0 Å². The second-order valence-corrected chi connectivity index (χ2v) is 6.20. The molecule has 0 radical (unpaired) electrons. The first-order valence-corrected chi connectivity index (χ1v) is 7.32. The van der Waals surface area contributed by atoms with Crippen LogP contribution in [0.3, 0.4) is 0 Å². The molecule has 0 spiro atoms. The average molecular weight is 284 g/mol. The van der Waals surface area contributed by atoms with E-state index in [9.17, 15) is 14.7 Å². The zero-order chi connectivity index (χ0) is 14.8. The van der Waals surface area contributed by atoms with Crippen LogP contribution >= 0.6 is 0 Å². The largest absolute Gasteiger partial charge is 0.480 e. The summed E-state index contributed by atoms with van der Waals surface area (Å²) in [7, 11) is 0. The average Bonchev–Trinajstić information content (AvgIpc) is 2.63. The lowest BCUT2D eigenvalue weighted by atomic mass is 10.0. The quantitative estimate of drug-likeness (QED) is 0.793. The highest BCUT2D eigenvalue weighted by Gasteiger charge is 2.40. The number of carboxylic acid groups (broad SMARTS) is 1. The van der Waals surface area contributed by atoms with E-state index in [1.165, 1.54) is 0 Å². The zero-order valence-electron chi connectivity index (χ0n) is 12.3. The number of hydrogen-bond acceptors (Lipinski definition) is 3. The number of urea groups is 1. The molecule has 2 aliphatic heterocycles. The highest BCUT2D eigenvalue weighted by atomic mass is 16.5. The van der Waals surface area contributed by atoms with Crippen LogP contribution in [0.15, 0.2) is 0 Å². The molecule has 2 aliphatic rings. The fraction of sp³-hybridized carbons (Fsp3) is 0.857. The van der Waals surface area contributed by atoms with Gasteiger partial charge in [-0.1, -0.05) is 12.8 Å². The summed E-state index contributed by atoms with van der Waals surface area (Å²) in [6, 6.07) is -0.851. The maximum absolute atomic E-state index is 12.8. The van der Waals surface area contributed by atoms with Crippen molar-refractivity contribution >= 4 is 12.0 Å². The summed E-state index contributed by atoms with van der Waals surface area (Å²) in [6.07, 6.45) is 3.28. The molecule has 1 N–H and O–H groups in total. The molecule has 114 valence electrons. The summed E-state index contributed by atoms with van der Waals surface area (Å²) >= 11 is 0. The van der Waals surface area contributed by atoms with Crippen molar-refractivity contribution in [3.63, 3.8) is 0 Å². The first kappa shape index (κ1) is 15.1. The number of ether oxygens (including phenoxy) is 1. The Hall–Kier alpha value is -1.30. The highest BCUT2D eigenvalue weighted by Crippen LogP contribution is 2.24. The number of carbonyl (C=O) groups excluding carboxylic acids is 1. The second kappa shape index (κ2) is 5.99. The number of carbonyl (C=O) groups is 2. The van der Waals surface area contributed by atoms with Crippen LogP contribution in [0.1, 0.15) is 39.5 Å². The SMILES string of the molecule is CC1(C)COCCN1C(=O)N1CCCCCC1C(=O)O. The van der Waals surface area contributed by atoms with Gasteiger partial charge in [-0.25, -0.2) is 9.59 Å². The summed E-state index contributed by atoms with van der Waals surface area (Å²) in [5.74, 6) is -0.897. The van der Waals surface area contributed by atoms with Crippen LogP contribution in [-0.2, 0) is 9.53 Å². The molecule has 2 amide bonds. The lowest BCUT2D eigenvalue weighted by molar-refractivity contribution is -0.142. The molecule has 0 aliphatic carbocycles. The van der Waals surface area contributed by atoms with E-state index in [-0.39, 0.29) is 11.6 Å². The van der Waals surface area contributed by atoms with Gasteiger partial charge in [0.25, 0.3) is 0 Å². The van der Waals surface area contributed by atoms with Crippen molar-refractivity contribution in [2.75, 3.05) is 26.3 Å². The summed E-state index contributed by atoms with van der Waals surface area (Å²) in [5, 5.41) is 9.37. The fourth-order valence-electron chi connectivity index (χ4n) is 2.96. The van der Waals surface area contributed by atoms with Crippen molar-refractivity contribution in [3.05, 3.63) is 0 Å². The van der Waals surface area contributed by atoms with Crippen molar-refractivity contribution in [2.24, 2.45) is 0 Å². The number of rotatable bonds is 1. The number of morpholine rings is 1. The third kappa shape index (κ3) is 3.06. The molecule has 6 nitrogen and oxygen atoms in total. The van der Waals surface area contributed by atoms with E-state index in [2.05, 4.69) is 0 Å². The van der Waals surface area contributed by atoms with Crippen LogP contribution in [0.4, 0.5) is 4.79 Å². The second-order valence-electron chi connectivity index (χ2n) is 6.20. The van der Waals surface area contributed by atoms with E-state index in [0.717, 1.165) is 19.3 Å². The number of nitrogens with zero attached hydrogens (tertiary/aromatic N) is 2. The third-order valence-corrected chi connectivity index (χ3v) is 4.16. The Labute approximate surface area is 119 Å². The maximum atomic E-state index is 12.8. The predicted molar refractivity (Wildman–Crippen MR) is 73.6 cm³/mol. The van der Waals surface area contributed by atoms with Gasteiger partial charge in [0, 0.05) is 13.1 Å². The molecule has 0 saturated carbocycles. The van der Waals surface area contributed by atoms with Crippen LogP contribution in [0, 0.1) is 0 Å². The molecule has 2 saturated heterocycles. The molecule has 1 unspecified atom stereocenters. The van der Waals surface area contributed by atoms with Crippen LogP contribution in [0.5, 0.6) is 0 Å². The van der Waals surface area contributed by atoms with Crippen molar-refractivity contribution < 1.29 is 19.4 Å². The van der Waals surface area contributed by atoms with Gasteiger partial charge in [0.15, 0.2) is 0 Å². The minimum absolute atomic E-state index is 0.160. The van der Waals surface area contributed by atoms with Crippen LogP contribution < -0.4 is 0 Å². The number of aliphatic carboxylic acids is 1. The molecule has 6 heteroatoms. The Morgan fingerprint density at radius 1 is 1.20 bits per heavy atom. The number of hydrogen-bond donors (Lipinski definition) is 1. The lowest BCUT2D eigenvalue weighted by Crippen LogP contribution is -2.61. The van der Waals surface area contributed by atoms with E-state index in [4.69, 9.17) is 4.74 Å². The minimum atomic E-state index is -0.897. The lowest BCUT2D eigenvalue weighted by Gasteiger charge is -2.45. The smallest absolute Gasteiger partial charge is 0.326 e. The molecule has 2 fully saturated rings. The molecular weight excluding hydrogens is 260 g/mol. The van der Waals surface area contributed by atoms with Crippen molar-refractivity contribution in [1.82, 2.24) is 9.80 Å². The standard InChI is InChI=1S/C14H24N2O4/c1-14(2)10-20-9-8-16(14)13(19)15-7-5-3-4-6-11(15)12(17)18/h11H,3-10H2,1-2H3,(H,17,18). The number of likely N-dealkylation sites (tertiary alicyclic amines) is 1. The van der Waals surface area contributed by atoms with Gasteiger partial charge >= 0.3 is 12.0 Å². The Bertz CT molecular complexity index is 383. The van der Waals surface area contributed by atoms with Crippen LogP contribution in [0.2, 0.25) is 0 Å². The molecular formula is C14H24N2O4. The van der Waals surface area contributed by atoms with E-state index < -0.39 is 12.0 Å². The summed E-state index contributed by atoms with van der Waals surface area (Å²) in [4.78, 5) is 27.5. The van der Waals surface area contributed by atoms with Gasteiger partial charge in [-0.2, -0.15) is 0 Å². The Balaban J connectivity index is 2.17. The third-order valence-electron chi connectivity index (χ3n) is 4.16. The van der Waals surface area contributed by atoms with Gasteiger partial charge in [0.1, 0.15) is 6.04 Å². The number of amides is 2. The molecule has 0 aromatic rings. The molecule has 0 bridgehead atoms. The van der Waals surface area contributed by atoms with Gasteiger partial charge in [-0.15, -0.1) is 0 Å². The maximum Gasteiger partial charge on any atom is 0.326 e. The molecule has 0 aromatic heterocycles. The molecule has 0 aromatic carbocycles. The molecule has 20 heavy (non-hydrogen) atoms. The fourth-order valence-corrected chi connectivity index (χ4v) is 2.96. The van der Waals surface area contributed by atoms with Crippen molar-refractivity contribution in [3.8, 4) is 0 Å². The van der Waals surface area contributed by atoms with E-state index in [1.54, 1.807) is 9.80 Å². The first-order valence-electron chi connectivity index (χ1n) is 7.32. The minimum Gasteiger partial charge on any atom is -0.480 e. The topological polar surface area (TPSA) is 70.1 Å². The van der Waals surface area contributed by atoms with Crippen LogP contribution in [-0.4, -0.2) is 64.8 Å². The first-order chi connectivity index (χ1) is 9.43. The monoisotopic (exact) mass is 284 g/mol. The zero-order valence-corrected chi connectivity index (χ0v) is 12.3. The van der Waals surface area contributed by atoms with Gasteiger partial charge < -0.3 is 19.6 Å². The van der Waals surface area contributed by atoms with Gasteiger partial charge in [0.2, 0.25) is 0 Å². The normalized spacial score (nSPS) is 27.0. The summed E-state index contributed by atoms with van der Waals surface area (Å²) in [5.41, 5.74) is -0.384. The predicted octanol–water partition coefficient (Wildman–Crippen LogP) is 1.55. The summed E-state index contributed by atoms with van der Waals surface area (Å²) < 4.78 is 5.42. The molecule has 2 heterocycles. The number of carboxylic acids is 1. The molecule has 1 atom stereocenters. The van der Waals surface area contributed by atoms with Crippen LogP contribution in [0.25, 0.3) is 0 Å². The highest BCUT2D eigenvalue weighted by molar-refractivity contribution is 5.83. The van der Waals surface area contributed by atoms with Crippen molar-refractivity contribution in [2.45, 2.75) is 51.1 Å². The van der Waals surface area contributed by atoms with Gasteiger partial charge in [0.05, 0.1) is 18.8 Å².